The molecule has 1 aliphatic rings. The Morgan fingerprint density at radius 3 is 2.62 bits per heavy atom. The van der Waals surface area contributed by atoms with Crippen molar-refractivity contribution in [2.75, 3.05) is 33.4 Å². The summed E-state index contributed by atoms with van der Waals surface area (Å²) in [5.74, 6) is 1.84. The van der Waals surface area contributed by atoms with Crippen molar-refractivity contribution in [1.29, 1.82) is 0 Å². The van der Waals surface area contributed by atoms with Crippen molar-refractivity contribution in [2.24, 2.45) is 0 Å². The Bertz CT molecular complexity index is 1500. The maximum absolute atomic E-state index is 10.7. The number of likely N-dealkylation sites (tertiary alicyclic amines) is 1. The molecule has 6 rings (SSSR count). The summed E-state index contributed by atoms with van der Waals surface area (Å²) in [6, 6.07) is 22.7. The van der Waals surface area contributed by atoms with Gasteiger partial charge in [0.05, 0.1) is 12.5 Å². The molecule has 0 aliphatic carbocycles. The van der Waals surface area contributed by atoms with Gasteiger partial charge in [-0.1, -0.05) is 53.6 Å². The molecule has 1 atom stereocenters. The number of aromatic nitrogens is 2. The van der Waals surface area contributed by atoms with Crippen molar-refractivity contribution in [1.82, 2.24) is 15.1 Å². The number of nitrogens with zero attached hydrogens (tertiary/aromatic N) is 3. The molecule has 0 radical (unpaired) electrons. The van der Waals surface area contributed by atoms with Crippen LogP contribution in [0.5, 0.6) is 11.8 Å². The van der Waals surface area contributed by atoms with Crippen molar-refractivity contribution < 1.29 is 23.4 Å². The fraction of sp³-hybridized carbons (Fsp3) is 0.310. The summed E-state index contributed by atoms with van der Waals surface area (Å²) in [7, 11) is 1.46. The third kappa shape index (κ3) is 5.03. The van der Waals surface area contributed by atoms with Crippen molar-refractivity contribution in [3.8, 4) is 23.5 Å². The van der Waals surface area contributed by atoms with Gasteiger partial charge in [0.1, 0.15) is 24.0 Å². The SMILES string of the molecule is COc1nnc(-c2cc3c(OC[C@@H](O)CN4CCC(c5ccc6ccccc6c5)CC4)cccc3o2)o1. The van der Waals surface area contributed by atoms with E-state index < -0.39 is 6.10 Å². The first-order valence-electron chi connectivity index (χ1n) is 12.6. The fourth-order valence-electron chi connectivity index (χ4n) is 5.10. The van der Waals surface area contributed by atoms with Crippen LogP contribution in [0.15, 0.2) is 75.6 Å². The lowest BCUT2D eigenvalue weighted by Crippen LogP contribution is -2.40. The van der Waals surface area contributed by atoms with Crippen molar-refractivity contribution in [2.45, 2.75) is 24.9 Å². The number of aliphatic hydroxyl groups is 1. The first kappa shape index (κ1) is 23.5. The van der Waals surface area contributed by atoms with Crippen LogP contribution >= 0.6 is 0 Å². The van der Waals surface area contributed by atoms with Gasteiger partial charge in [-0.25, -0.2) is 0 Å². The van der Waals surface area contributed by atoms with Gasteiger partial charge in [-0.3, -0.25) is 0 Å². The molecule has 2 aromatic heterocycles. The van der Waals surface area contributed by atoms with Gasteiger partial charge in [-0.2, -0.15) is 0 Å². The zero-order valence-corrected chi connectivity index (χ0v) is 20.7. The number of furan rings is 1. The Labute approximate surface area is 214 Å². The van der Waals surface area contributed by atoms with Gasteiger partial charge in [-0.05, 0) is 60.3 Å². The molecule has 1 N–H and O–H groups in total. The van der Waals surface area contributed by atoms with E-state index in [1.165, 1.54) is 23.4 Å². The lowest BCUT2D eigenvalue weighted by Gasteiger charge is -2.33. The van der Waals surface area contributed by atoms with Gasteiger partial charge < -0.3 is 28.3 Å². The molecule has 0 spiro atoms. The van der Waals surface area contributed by atoms with Crippen LogP contribution in [-0.4, -0.2) is 59.7 Å². The molecule has 1 fully saturated rings. The van der Waals surface area contributed by atoms with E-state index in [1.807, 2.05) is 18.2 Å². The molecule has 1 saturated heterocycles. The molecule has 5 aromatic rings. The first-order chi connectivity index (χ1) is 18.2. The van der Waals surface area contributed by atoms with Crippen LogP contribution in [0.4, 0.5) is 0 Å². The molecule has 1 aliphatic heterocycles. The number of rotatable bonds is 8. The van der Waals surface area contributed by atoms with Gasteiger partial charge >= 0.3 is 6.08 Å². The van der Waals surface area contributed by atoms with E-state index in [0.717, 1.165) is 31.3 Å². The fourth-order valence-corrected chi connectivity index (χ4v) is 5.10. The predicted octanol–water partition coefficient (Wildman–Crippen LogP) is 5.26. The average Bonchev–Trinajstić information content (AvgIpc) is 3.59. The smallest absolute Gasteiger partial charge is 0.414 e. The molecule has 190 valence electrons. The summed E-state index contributed by atoms with van der Waals surface area (Å²) in [6.45, 7) is 2.70. The monoisotopic (exact) mass is 499 g/mol. The summed E-state index contributed by atoms with van der Waals surface area (Å²) in [4.78, 5) is 2.32. The van der Waals surface area contributed by atoms with E-state index >= 15 is 0 Å². The highest BCUT2D eigenvalue weighted by molar-refractivity contribution is 5.87. The second-order valence-corrected chi connectivity index (χ2v) is 9.50. The number of β-amino-alcohol motifs (C(OH)–C–C–N with tert-alkyl or cyclic N) is 1. The molecule has 3 aromatic carbocycles. The quantitative estimate of drug-likeness (QED) is 0.309. The second kappa shape index (κ2) is 10.2. The molecule has 0 saturated carbocycles. The maximum atomic E-state index is 10.7. The zero-order chi connectivity index (χ0) is 25.2. The van der Waals surface area contributed by atoms with Crippen LogP contribution in [0.25, 0.3) is 33.4 Å². The Balaban J connectivity index is 1.04. The summed E-state index contributed by atoms with van der Waals surface area (Å²) in [5.41, 5.74) is 2.05. The van der Waals surface area contributed by atoms with Gasteiger partial charge in [-0.15, -0.1) is 5.10 Å². The first-order valence-corrected chi connectivity index (χ1v) is 12.6. The summed E-state index contributed by atoms with van der Waals surface area (Å²) in [6.07, 6.45) is 1.64. The van der Waals surface area contributed by atoms with Gasteiger partial charge in [0.15, 0.2) is 5.76 Å². The molecule has 8 nitrogen and oxygen atoms in total. The van der Waals surface area contributed by atoms with E-state index in [9.17, 15) is 5.11 Å². The van der Waals surface area contributed by atoms with Crippen LogP contribution in [0.1, 0.15) is 24.3 Å². The van der Waals surface area contributed by atoms with Crippen molar-refractivity contribution in [3.63, 3.8) is 0 Å². The number of ether oxygens (including phenoxy) is 2. The van der Waals surface area contributed by atoms with Crippen LogP contribution in [-0.2, 0) is 0 Å². The number of piperidine rings is 1. The van der Waals surface area contributed by atoms with E-state index in [-0.39, 0.29) is 18.6 Å². The normalized spacial score (nSPS) is 15.8. The van der Waals surface area contributed by atoms with Crippen molar-refractivity contribution in [3.05, 3.63) is 72.3 Å². The Morgan fingerprint density at radius 1 is 0.973 bits per heavy atom. The number of hydrogen-bond donors (Lipinski definition) is 1. The lowest BCUT2D eigenvalue weighted by molar-refractivity contribution is 0.0599. The molecular formula is C29H29N3O5. The topological polar surface area (TPSA) is 94.0 Å². The standard InChI is InChI=1S/C29H29N3O5/c1-34-29-31-30-28(37-29)27-16-24-25(7-4-8-26(24)36-27)35-18-23(33)17-32-13-11-20(12-14-32)22-10-9-19-5-2-3-6-21(19)15-22/h2-10,15-16,20,23,33H,11-14,17-18H2,1H3/t23-/m0/s1. The Morgan fingerprint density at radius 2 is 1.81 bits per heavy atom. The number of methoxy groups -OCH3 is 1. The Kier molecular flexibility index (Phi) is 6.51. The van der Waals surface area contributed by atoms with Crippen LogP contribution < -0.4 is 9.47 Å². The highest BCUT2D eigenvalue weighted by atomic mass is 16.6. The highest BCUT2D eigenvalue weighted by Gasteiger charge is 2.23. The summed E-state index contributed by atoms with van der Waals surface area (Å²) < 4.78 is 22.2. The summed E-state index contributed by atoms with van der Waals surface area (Å²) >= 11 is 0. The summed E-state index contributed by atoms with van der Waals surface area (Å²) in [5, 5.41) is 21.8. The predicted molar refractivity (Wildman–Crippen MR) is 140 cm³/mol. The van der Waals surface area contributed by atoms with Crippen molar-refractivity contribution >= 4 is 21.7 Å². The van der Waals surface area contributed by atoms with Crippen LogP contribution in [0.2, 0.25) is 0 Å². The molecule has 3 heterocycles. The number of hydrogen-bond acceptors (Lipinski definition) is 8. The minimum Gasteiger partial charge on any atom is -0.490 e. The van der Waals surface area contributed by atoms with Gasteiger partial charge in [0.25, 0.3) is 5.89 Å². The van der Waals surface area contributed by atoms with E-state index in [1.54, 1.807) is 6.07 Å². The zero-order valence-electron chi connectivity index (χ0n) is 20.7. The third-order valence-corrected chi connectivity index (χ3v) is 7.05. The van der Waals surface area contributed by atoms with Gasteiger partial charge in [0.2, 0.25) is 0 Å². The largest absolute Gasteiger partial charge is 0.490 e. The van der Waals surface area contributed by atoms with Gasteiger partial charge in [0, 0.05) is 12.6 Å². The third-order valence-electron chi connectivity index (χ3n) is 7.05. The lowest BCUT2D eigenvalue weighted by atomic mass is 9.88. The highest BCUT2D eigenvalue weighted by Crippen LogP contribution is 2.34. The minimum atomic E-state index is -0.598. The minimum absolute atomic E-state index is 0.0661. The van der Waals surface area contributed by atoms with E-state index in [0.29, 0.717) is 29.6 Å². The molecule has 8 heteroatoms. The molecular weight excluding hydrogens is 470 g/mol. The second-order valence-electron chi connectivity index (χ2n) is 9.50. The number of fused-ring (bicyclic) bond motifs is 2. The number of benzene rings is 3. The van der Waals surface area contributed by atoms with Crippen LogP contribution in [0.3, 0.4) is 0 Å². The van der Waals surface area contributed by atoms with E-state index in [4.69, 9.17) is 18.3 Å². The van der Waals surface area contributed by atoms with E-state index in [2.05, 4.69) is 57.6 Å². The molecule has 37 heavy (non-hydrogen) atoms. The molecule has 0 bridgehead atoms. The number of aliphatic hydroxyl groups excluding tert-OH is 1. The average molecular weight is 500 g/mol. The maximum Gasteiger partial charge on any atom is 0.414 e. The Hall–Kier alpha value is -3.88. The molecule has 0 amide bonds. The molecule has 0 unspecified atom stereocenters. The van der Waals surface area contributed by atoms with Crippen LogP contribution in [0, 0.1) is 0 Å².